The molecule has 1 aliphatic carbocycles. The molecule has 0 spiro atoms. The molecule has 1 aliphatic heterocycles. The Balaban J connectivity index is 1.96. The third-order valence-corrected chi connectivity index (χ3v) is 5.74. The van der Waals surface area contributed by atoms with Crippen molar-refractivity contribution in [1.82, 2.24) is 9.21 Å². The Labute approximate surface area is 131 Å². The van der Waals surface area contributed by atoms with Gasteiger partial charge >= 0.3 is 5.97 Å². The molecule has 8 heteroatoms. The predicted octanol–water partition coefficient (Wildman–Crippen LogP) is 0.370. The fourth-order valence-electron chi connectivity index (χ4n) is 2.85. The SMILES string of the molecule is CC(CN(C(=O)C1CCN(S(C)(=O)=O)CC1)C1CC1)C(=O)O. The Morgan fingerprint density at radius 2 is 1.77 bits per heavy atom. The van der Waals surface area contributed by atoms with Crippen LogP contribution < -0.4 is 0 Å². The summed E-state index contributed by atoms with van der Waals surface area (Å²) in [6.45, 7) is 2.58. The van der Waals surface area contributed by atoms with Crippen molar-refractivity contribution in [3.05, 3.63) is 0 Å². The summed E-state index contributed by atoms with van der Waals surface area (Å²) in [5, 5.41) is 9.04. The van der Waals surface area contributed by atoms with Gasteiger partial charge in [0.05, 0.1) is 12.2 Å². The minimum atomic E-state index is -3.20. The molecule has 22 heavy (non-hydrogen) atoms. The highest BCUT2D eigenvalue weighted by molar-refractivity contribution is 7.88. The predicted molar refractivity (Wildman–Crippen MR) is 80.7 cm³/mol. The van der Waals surface area contributed by atoms with Crippen LogP contribution in [-0.2, 0) is 19.6 Å². The van der Waals surface area contributed by atoms with Crippen LogP contribution in [0.4, 0.5) is 0 Å². The molecule has 0 radical (unpaired) electrons. The molecule has 1 unspecified atom stereocenters. The number of hydrogen-bond donors (Lipinski definition) is 1. The first-order chi connectivity index (χ1) is 10.2. The van der Waals surface area contributed by atoms with Gasteiger partial charge in [-0.1, -0.05) is 6.92 Å². The summed E-state index contributed by atoms with van der Waals surface area (Å²) in [4.78, 5) is 25.4. The Morgan fingerprint density at radius 3 is 2.18 bits per heavy atom. The number of carboxylic acids is 1. The maximum absolute atomic E-state index is 12.7. The number of amides is 1. The lowest BCUT2D eigenvalue weighted by Crippen LogP contribution is -2.46. The zero-order chi connectivity index (χ0) is 16.5. The molecule has 7 nitrogen and oxygen atoms in total. The van der Waals surface area contributed by atoms with Crippen LogP contribution >= 0.6 is 0 Å². The van der Waals surface area contributed by atoms with E-state index in [1.165, 1.54) is 10.6 Å². The number of aliphatic carboxylic acids is 1. The highest BCUT2D eigenvalue weighted by Gasteiger charge is 2.38. The van der Waals surface area contributed by atoms with E-state index in [-0.39, 0.29) is 24.4 Å². The average Bonchev–Trinajstić information content (AvgIpc) is 3.27. The van der Waals surface area contributed by atoms with E-state index < -0.39 is 21.9 Å². The van der Waals surface area contributed by atoms with E-state index in [1.807, 2.05) is 0 Å². The molecule has 2 fully saturated rings. The number of rotatable bonds is 6. The Kier molecular flexibility index (Phi) is 5.11. The fraction of sp³-hybridized carbons (Fsp3) is 0.857. The summed E-state index contributed by atoms with van der Waals surface area (Å²) in [5.41, 5.74) is 0. The monoisotopic (exact) mass is 332 g/mol. The second kappa shape index (κ2) is 6.54. The molecule has 2 aliphatic rings. The molecular formula is C14H24N2O5S. The van der Waals surface area contributed by atoms with E-state index in [2.05, 4.69) is 0 Å². The van der Waals surface area contributed by atoms with Crippen molar-refractivity contribution in [2.45, 2.75) is 38.6 Å². The third kappa shape index (κ3) is 4.19. The van der Waals surface area contributed by atoms with Crippen molar-refractivity contribution in [3.8, 4) is 0 Å². The maximum Gasteiger partial charge on any atom is 0.308 e. The molecule has 1 N–H and O–H groups in total. The molecule has 0 bridgehead atoms. The second-order valence-electron chi connectivity index (χ2n) is 6.40. The molecule has 2 rings (SSSR count). The zero-order valence-electron chi connectivity index (χ0n) is 13.1. The lowest BCUT2D eigenvalue weighted by molar-refractivity contribution is -0.144. The first-order valence-electron chi connectivity index (χ1n) is 7.68. The van der Waals surface area contributed by atoms with Crippen molar-refractivity contribution in [2.75, 3.05) is 25.9 Å². The number of nitrogens with zero attached hydrogens (tertiary/aromatic N) is 2. The minimum absolute atomic E-state index is 0.0104. The van der Waals surface area contributed by atoms with Crippen LogP contribution in [0.15, 0.2) is 0 Å². The zero-order valence-corrected chi connectivity index (χ0v) is 13.9. The van der Waals surface area contributed by atoms with Crippen LogP contribution in [0.3, 0.4) is 0 Å². The number of hydrogen-bond acceptors (Lipinski definition) is 4. The molecule has 1 saturated heterocycles. The molecule has 0 aromatic carbocycles. The van der Waals surface area contributed by atoms with Crippen LogP contribution in [0.1, 0.15) is 32.6 Å². The van der Waals surface area contributed by atoms with Gasteiger partial charge in [0.1, 0.15) is 0 Å². The van der Waals surface area contributed by atoms with Crippen molar-refractivity contribution in [2.24, 2.45) is 11.8 Å². The van der Waals surface area contributed by atoms with Gasteiger partial charge in [-0.05, 0) is 25.7 Å². The summed E-state index contributed by atoms with van der Waals surface area (Å²) in [5.74, 6) is -1.69. The smallest absolute Gasteiger partial charge is 0.308 e. The summed E-state index contributed by atoms with van der Waals surface area (Å²) in [7, 11) is -3.20. The summed E-state index contributed by atoms with van der Waals surface area (Å²) < 4.78 is 24.4. The molecule has 0 aromatic heterocycles. The van der Waals surface area contributed by atoms with E-state index in [0.29, 0.717) is 25.9 Å². The molecule has 1 amide bonds. The Hall–Kier alpha value is -1.15. The van der Waals surface area contributed by atoms with Crippen LogP contribution in [0.25, 0.3) is 0 Å². The van der Waals surface area contributed by atoms with Gasteiger partial charge in [-0.3, -0.25) is 9.59 Å². The van der Waals surface area contributed by atoms with Gasteiger partial charge in [-0.15, -0.1) is 0 Å². The number of carbonyl (C=O) groups excluding carboxylic acids is 1. The van der Waals surface area contributed by atoms with Crippen LogP contribution in [0.2, 0.25) is 0 Å². The first kappa shape index (κ1) is 17.2. The molecule has 0 aromatic rings. The van der Waals surface area contributed by atoms with E-state index in [4.69, 9.17) is 5.11 Å². The summed E-state index contributed by atoms with van der Waals surface area (Å²) >= 11 is 0. The van der Waals surface area contributed by atoms with Gasteiger partial charge in [0.2, 0.25) is 15.9 Å². The van der Waals surface area contributed by atoms with Crippen molar-refractivity contribution >= 4 is 21.9 Å². The molecular weight excluding hydrogens is 308 g/mol. The van der Waals surface area contributed by atoms with E-state index in [1.54, 1.807) is 11.8 Å². The summed E-state index contributed by atoms with van der Waals surface area (Å²) in [6, 6.07) is 0.169. The molecule has 1 heterocycles. The average molecular weight is 332 g/mol. The summed E-state index contributed by atoms with van der Waals surface area (Å²) in [6.07, 6.45) is 4.06. The highest BCUT2D eigenvalue weighted by atomic mass is 32.2. The number of piperidine rings is 1. The first-order valence-corrected chi connectivity index (χ1v) is 9.53. The standard InChI is InChI=1S/C14H24N2O5S/c1-10(14(18)19)9-16(12-3-4-12)13(17)11-5-7-15(8-6-11)22(2,20)21/h10-12H,3-9H2,1-2H3,(H,18,19). The van der Waals surface area contributed by atoms with Gasteiger partial charge in [-0.25, -0.2) is 12.7 Å². The molecule has 126 valence electrons. The van der Waals surface area contributed by atoms with E-state index in [9.17, 15) is 18.0 Å². The number of sulfonamides is 1. The van der Waals surface area contributed by atoms with Gasteiger partial charge in [-0.2, -0.15) is 0 Å². The largest absolute Gasteiger partial charge is 0.481 e. The van der Waals surface area contributed by atoms with Crippen molar-refractivity contribution < 1.29 is 23.1 Å². The second-order valence-corrected chi connectivity index (χ2v) is 8.38. The van der Waals surface area contributed by atoms with E-state index in [0.717, 1.165) is 12.8 Å². The third-order valence-electron chi connectivity index (χ3n) is 4.44. The Morgan fingerprint density at radius 1 is 1.23 bits per heavy atom. The maximum atomic E-state index is 12.7. The highest BCUT2D eigenvalue weighted by Crippen LogP contribution is 2.31. The lowest BCUT2D eigenvalue weighted by atomic mass is 9.96. The quantitative estimate of drug-likeness (QED) is 0.758. The Bertz CT molecular complexity index is 535. The van der Waals surface area contributed by atoms with Crippen LogP contribution in [0.5, 0.6) is 0 Å². The lowest BCUT2D eigenvalue weighted by Gasteiger charge is -2.33. The fourth-order valence-corrected chi connectivity index (χ4v) is 3.72. The van der Waals surface area contributed by atoms with Crippen molar-refractivity contribution in [3.63, 3.8) is 0 Å². The van der Waals surface area contributed by atoms with Gasteiger partial charge in [0.25, 0.3) is 0 Å². The van der Waals surface area contributed by atoms with Crippen molar-refractivity contribution in [1.29, 1.82) is 0 Å². The number of carboxylic acid groups (broad SMARTS) is 1. The molecule has 1 saturated carbocycles. The van der Waals surface area contributed by atoms with Gasteiger partial charge in [0, 0.05) is 31.6 Å². The van der Waals surface area contributed by atoms with E-state index >= 15 is 0 Å². The normalized spacial score (nSPS) is 22.3. The molecule has 1 atom stereocenters. The van der Waals surface area contributed by atoms with Crippen LogP contribution in [-0.4, -0.2) is 66.5 Å². The van der Waals surface area contributed by atoms with Crippen LogP contribution in [0, 0.1) is 11.8 Å². The topological polar surface area (TPSA) is 95.0 Å². The number of carbonyl (C=O) groups is 2. The minimum Gasteiger partial charge on any atom is -0.481 e. The van der Waals surface area contributed by atoms with Gasteiger partial charge in [0.15, 0.2) is 0 Å². The van der Waals surface area contributed by atoms with Gasteiger partial charge < -0.3 is 10.0 Å².